The maximum Gasteiger partial charge on any atom is 0.329 e. The highest BCUT2D eigenvalue weighted by molar-refractivity contribution is 7.50. The molecule has 8 nitrogen and oxygen atoms in total. The van der Waals surface area contributed by atoms with E-state index in [-0.39, 0.29) is 19.3 Å². The van der Waals surface area contributed by atoms with Gasteiger partial charge in [-0.2, -0.15) is 0 Å². The fourth-order valence-electron chi connectivity index (χ4n) is 2.96. The van der Waals surface area contributed by atoms with Crippen LogP contribution in [0.25, 0.3) is 0 Å². The first-order valence-electron chi connectivity index (χ1n) is 11.5. The minimum Gasteiger partial charge on any atom is -0.490 e. The van der Waals surface area contributed by atoms with E-state index in [2.05, 4.69) is 20.8 Å². The molecule has 186 valence electrons. The van der Waals surface area contributed by atoms with E-state index in [0.29, 0.717) is 55.0 Å². The summed E-state index contributed by atoms with van der Waals surface area (Å²) in [6, 6.07) is 3.25. The van der Waals surface area contributed by atoms with Crippen molar-refractivity contribution in [2.24, 2.45) is 5.92 Å². The molecule has 0 amide bonds. The number of rotatable bonds is 18. The van der Waals surface area contributed by atoms with Crippen LogP contribution in [0.4, 0.5) is 0 Å². The standard InChI is InChI=1S/C23H41O8P/c1-5-7-11-29-21-15-19(17-32(25,26)27)16-22(23(21)31-12-8-18(3)4)30-13-9-20(6-2)28-14-10-24/h15-16,18,20,24H,5-14,17H2,1-4H3,(H2,25,26,27). The van der Waals surface area contributed by atoms with Crippen LogP contribution >= 0.6 is 7.60 Å². The Hall–Kier alpha value is -1.31. The molecule has 0 spiro atoms. The highest BCUT2D eigenvalue weighted by Gasteiger charge is 2.21. The fraction of sp³-hybridized carbons (Fsp3) is 0.739. The number of aliphatic hydroxyl groups is 1. The molecular formula is C23H41O8P. The van der Waals surface area contributed by atoms with Crippen molar-refractivity contribution in [3.05, 3.63) is 17.7 Å². The van der Waals surface area contributed by atoms with Gasteiger partial charge < -0.3 is 33.8 Å². The Balaban J connectivity index is 3.12. The van der Waals surface area contributed by atoms with E-state index < -0.39 is 13.8 Å². The SMILES string of the molecule is CCCCOc1cc(CP(=O)(O)O)cc(OCCC(CC)OCCO)c1OCCC(C)C. The van der Waals surface area contributed by atoms with Crippen molar-refractivity contribution in [1.82, 2.24) is 0 Å². The van der Waals surface area contributed by atoms with Gasteiger partial charge in [0, 0.05) is 6.42 Å². The van der Waals surface area contributed by atoms with Crippen LogP contribution in [-0.4, -0.2) is 54.0 Å². The summed E-state index contributed by atoms with van der Waals surface area (Å²) >= 11 is 0. The second kappa shape index (κ2) is 15.5. The molecule has 0 aliphatic heterocycles. The molecule has 3 N–H and O–H groups in total. The normalized spacial score (nSPS) is 12.8. The maximum atomic E-state index is 11.6. The lowest BCUT2D eigenvalue weighted by Gasteiger charge is -2.20. The zero-order chi connectivity index (χ0) is 24.0. The van der Waals surface area contributed by atoms with Gasteiger partial charge in [-0.1, -0.05) is 34.1 Å². The van der Waals surface area contributed by atoms with Crippen LogP contribution in [0.15, 0.2) is 12.1 Å². The van der Waals surface area contributed by atoms with E-state index in [1.807, 2.05) is 6.92 Å². The predicted octanol–water partition coefficient (Wildman–Crippen LogP) is 4.52. The molecule has 9 heteroatoms. The van der Waals surface area contributed by atoms with Crippen LogP contribution in [0.1, 0.15) is 65.4 Å². The minimum atomic E-state index is -4.26. The first kappa shape index (κ1) is 28.7. The highest BCUT2D eigenvalue weighted by Crippen LogP contribution is 2.45. The molecule has 0 saturated heterocycles. The summed E-state index contributed by atoms with van der Waals surface area (Å²) in [7, 11) is -4.26. The lowest BCUT2D eigenvalue weighted by Crippen LogP contribution is -2.18. The predicted molar refractivity (Wildman–Crippen MR) is 125 cm³/mol. The molecule has 0 aliphatic carbocycles. The Morgan fingerprint density at radius 1 is 0.938 bits per heavy atom. The summed E-state index contributed by atoms with van der Waals surface area (Å²) in [5.41, 5.74) is 0.430. The van der Waals surface area contributed by atoms with Gasteiger partial charge in [-0.15, -0.1) is 0 Å². The van der Waals surface area contributed by atoms with Gasteiger partial charge in [-0.3, -0.25) is 4.57 Å². The summed E-state index contributed by atoms with van der Waals surface area (Å²) in [5, 5.41) is 8.96. The third-order valence-electron chi connectivity index (χ3n) is 4.76. The summed E-state index contributed by atoms with van der Waals surface area (Å²) < 4.78 is 35.2. The quantitative estimate of drug-likeness (QED) is 0.209. The summed E-state index contributed by atoms with van der Waals surface area (Å²) in [4.78, 5) is 18.9. The van der Waals surface area contributed by atoms with E-state index in [4.69, 9.17) is 24.1 Å². The van der Waals surface area contributed by atoms with Crippen molar-refractivity contribution >= 4 is 7.60 Å². The first-order chi connectivity index (χ1) is 15.2. The van der Waals surface area contributed by atoms with Crippen LogP contribution in [0.2, 0.25) is 0 Å². The van der Waals surface area contributed by atoms with Crippen molar-refractivity contribution in [3.63, 3.8) is 0 Å². The molecule has 0 bridgehead atoms. The number of benzene rings is 1. The van der Waals surface area contributed by atoms with E-state index in [0.717, 1.165) is 25.7 Å². The van der Waals surface area contributed by atoms with E-state index >= 15 is 0 Å². The summed E-state index contributed by atoms with van der Waals surface area (Å²) in [6.45, 7) is 9.81. The van der Waals surface area contributed by atoms with Crippen molar-refractivity contribution < 1.29 is 38.4 Å². The van der Waals surface area contributed by atoms with Crippen LogP contribution < -0.4 is 14.2 Å². The topological polar surface area (TPSA) is 115 Å². The van der Waals surface area contributed by atoms with Gasteiger partial charge >= 0.3 is 7.60 Å². The second-order valence-corrected chi connectivity index (χ2v) is 9.88. The Kier molecular flexibility index (Phi) is 13.9. The van der Waals surface area contributed by atoms with Crippen molar-refractivity contribution in [1.29, 1.82) is 0 Å². The van der Waals surface area contributed by atoms with E-state index in [9.17, 15) is 14.4 Å². The second-order valence-electron chi connectivity index (χ2n) is 8.24. The molecule has 32 heavy (non-hydrogen) atoms. The van der Waals surface area contributed by atoms with Gasteiger partial charge in [-0.05, 0) is 42.9 Å². The zero-order valence-corrected chi connectivity index (χ0v) is 20.8. The Labute approximate surface area is 192 Å². The average molecular weight is 477 g/mol. The molecule has 1 aromatic carbocycles. The maximum absolute atomic E-state index is 11.6. The zero-order valence-electron chi connectivity index (χ0n) is 19.9. The van der Waals surface area contributed by atoms with Crippen LogP contribution in [0.5, 0.6) is 17.2 Å². The molecule has 0 aliphatic rings. The molecule has 1 aromatic rings. The first-order valence-corrected chi connectivity index (χ1v) is 13.3. The van der Waals surface area contributed by atoms with E-state index in [1.165, 1.54) is 0 Å². The van der Waals surface area contributed by atoms with Gasteiger partial charge in [0.25, 0.3) is 0 Å². The third-order valence-corrected chi connectivity index (χ3v) is 5.54. The average Bonchev–Trinajstić information content (AvgIpc) is 2.71. The Morgan fingerprint density at radius 2 is 1.56 bits per heavy atom. The molecule has 0 fully saturated rings. The number of ether oxygens (including phenoxy) is 4. The lowest BCUT2D eigenvalue weighted by atomic mass is 10.1. The minimum absolute atomic E-state index is 0.0337. The number of unbranched alkanes of at least 4 members (excludes halogenated alkanes) is 1. The molecule has 0 aromatic heterocycles. The molecule has 1 unspecified atom stereocenters. The van der Waals surface area contributed by atoms with Gasteiger partial charge in [-0.25, -0.2) is 0 Å². The van der Waals surface area contributed by atoms with Crippen molar-refractivity contribution in [3.8, 4) is 17.2 Å². The van der Waals surface area contributed by atoms with E-state index in [1.54, 1.807) is 12.1 Å². The largest absolute Gasteiger partial charge is 0.490 e. The van der Waals surface area contributed by atoms with Crippen LogP contribution in [0.3, 0.4) is 0 Å². The summed E-state index contributed by atoms with van der Waals surface area (Å²) in [5.74, 6) is 1.77. The third kappa shape index (κ3) is 12.1. The van der Waals surface area contributed by atoms with Gasteiger partial charge in [0.15, 0.2) is 11.5 Å². The van der Waals surface area contributed by atoms with Gasteiger partial charge in [0.05, 0.1) is 45.3 Å². The number of hydrogen-bond donors (Lipinski definition) is 3. The molecule has 0 saturated carbocycles. The van der Waals surface area contributed by atoms with Gasteiger partial charge in [0.1, 0.15) is 0 Å². The molecule has 1 atom stereocenters. The molecule has 0 radical (unpaired) electrons. The van der Waals surface area contributed by atoms with Crippen molar-refractivity contribution in [2.75, 3.05) is 33.0 Å². The van der Waals surface area contributed by atoms with Gasteiger partial charge in [0.2, 0.25) is 5.75 Å². The summed E-state index contributed by atoms with van der Waals surface area (Å²) in [6.07, 6.45) is 3.60. The highest BCUT2D eigenvalue weighted by atomic mass is 31.2. The monoisotopic (exact) mass is 476 g/mol. The Morgan fingerprint density at radius 3 is 2.09 bits per heavy atom. The Bertz CT molecular complexity index is 689. The van der Waals surface area contributed by atoms with Crippen LogP contribution in [0, 0.1) is 5.92 Å². The fourth-order valence-corrected chi connectivity index (χ4v) is 3.62. The molecule has 1 rings (SSSR count). The van der Waals surface area contributed by atoms with Crippen LogP contribution in [-0.2, 0) is 15.5 Å². The number of hydrogen-bond acceptors (Lipinski definition) is 6. The molecular weight excluding hydrogens is 435 g/mol. The van der Waals surface area contributed by atoms with Crippen molar-refractivity contribution in [2.45, 2.75) is 72.1 Å². The smallest absolute Gasteiger partial charge is 0.329 e. The lowest BCUT2D eigenvalue weighted by molar-refractivity contribution is 0.0150. The molecule has 0 heterocycles. The number of aliphatic hydroxyl groups excluding tert-OH is 1.